The van der Waals surface area contributed by atoms with Gasteiger partial charge in [-0.1, -0.05) is 37.7 Å². The summed E-state index contributed by atoms with van der Waals surface area (Å²) in [7, 11) is 0. The Kier molecular flexibility index (Phi) is 5.06. The third-order valence-electron chi connectivity index (χ3n) is 3.29. The van der Waals surface area contributed by atoms with Gasteiger partial charge in [0.25, 0.3) is 5.24 Å². The number of amides is 2. The molecule has 0 spiro atoms. The SMILES string of the molecule is CC(C)c1cccc(NC(=O)CCN2CCSC2=O)c1. The van der Waals surface area contributed by atoms with Gasteiger partial charge < -0.3 is 10.2 Å². The van der Waals surface area contributed by atoms with Gasteiger partial charge in [0.2, 0.25) is 5.91 Å². The van der Waals surface area contributed by atoms with Crippen molar-refractivity contribution in [2.75, 3.05) is 24.2 Å². The van der Waals surface area contributed by atoms with Crippen LogP contribution >= 0.6 is 11.8 Å². The van der Waals surface area contributed by atoms with E-state index in [4.69, 9.17) is 0 Å². The summed E-state index contributed by atoms with van der Waals surface area (Å²) >= 11 is 1.32. The zero-order valence-electron chi connectivity index (χ0n) is 11.9. The summed E-state index contributed by atoms with van der Waals surface area (Å²) in [4.78, 5) is 25.1. The van der Waals surface area contributed by atoms with Crippen molar-refractivity contribution in [3.05, 3.63) is 29.8 Å². The maximum atomic E-state index is 11.9. The van der Waals surface area contributed by atoms with E-state index >= 15 is 0 Å². The summed E-state index contributed by atoms with van der Waals surface area (Å²) in [6, 6.07) is 7.89. The van der Waals surface area contributed by atoms with E-state index in [0.29, 0.717) is 18.9 Å². The minimum Gasteiger partial charge on any atom is -0.332 e. The van der Waals surface area contributed by atoms with Gasteiger partial charge in [-0.05, 0) is 23.6 Å². The van der Waals surface area contributed by atoms with Gasteiger partial charge in [0.1, 0.15) is 0 Å². The molecule has 1 aliphatic rings. The van der Waals surface area contributed by atoms with Crippen LogP contribution in [0.25, 0.3) is 0 Å². The average Bonchev–Trinajstić information content (AvgIpc) is 2.82. The Morgan fingerprint density at radius 1 is 1.45 bits per heavy atom. The molecule has 0 aliphatic carbocycles. The molecule has 108 valence electrons. The zero-order chi connectivity index (χ0) is 14.5. The number of carbonyl (C=O) groups is 2. The normalized spacial score (nSPS) is 14.9. The number of carbonyl (C=O) groups excluding carboxylic acids is 2. The molecule has 0 saturated carbocycles. The lowest BCUT2D eigenvalue weighted by Gasteiger charge is -2.14. The van der Waals surface area contributed by atoms with E-state index in [0.717, 1.165) is 18.0 Å². The molecule has 0 atom stereocenters. The lowest BCUT2D eigenvalue weighted by Crippen LogP contribution is -2.27. The highest BCUT2D eigenvalue weighted by atomic mass is 32.2. The van der Waals surface area contributed by atoms with Crippen molar-refractivity contribution in [1.82, 2.24) is 4.90 Å². The first-order valence-electron chi connectivity index (χ1n) is 6.88. The van der Waals surface area contributed by atoms with Crippen LogP contribution in [0.15, 0.2) is 24.3 Å². The molecule has 2 rings (SSSR count). The van der Waals surface area contributed by atoms with E-state index in [1.54, 1.807) is 4.90 Å². The molecule has 2 amide bonds. The summed E-state index contributed by atoms with van der Waals surface area (Å²) in [6.45, 7) is 5.50. The van der Waals surface area contributed by atoms with Gasteiger partial charge in [-0.25, -0.2) is 0 Å². The number of thioether (sulfide) groups is 1. The number of hydrogen-bond acceptors (Lipinski definition) is 3. The average molecular weight is 292 g/mol. The Morgan fingerprint density at radius 2 is 2.25 bits per heavy atom. The molecular weight excluding hydrogens is 272 g/mol. The molecule has 4 nitrogen and oxygen atoms in total. The Bertz CT molecular complexity index is 502. The third-order valence-corrected chi connectivity index (χ3v) is 4.18. The molecule has 0 aromatic heterocycles. The number of benzene rings is 1. The zero-order valence-corrected chi connectivity index (χ0v) is 12.7. The van der Waals surface area contributed by atoms with Crippen LogP contribution in [0.2, 0.25) is 0 Å². The van der Waals surface area contributed by atoms with Gasteiger partial charge >= 0.3 is 0 Å². The molecular formula is C15H20N2O2S. The van der Waals surface area contributed by atoms with Gasteiger partial charge in [0, 0.05) is 31.0 Å². The van der Waals surface area contributed by atoms with E-state index in [2.05, 4.69) is 25.2 Å². The Balaban J connectivity index is 1.85. The first-order chi connectivity index (χ1) is 9.56. The summed E-state index contributed by atoms with van der Waals surface area (Å²) in [5.41, 5.74) is 2.03. The number of anilines is 1. The predicted molar refractivity (Wildman–Crippen MR) is 83.2 cm³/mol. The first-order valence-corrected chi connectivity index (χ1v) is 7.86. The van der Waals surface area contributed by atoms with E-state index in [9.17, 15) is 9.59 Å². The molecule has 1 fully saturated rings. The lowest BCUT2D eigenvalue weighted by molar-refractivity contribution is -0.116. The van der Waals surface area contributed by atoms with Crippen LogP contribution in [0.5, 0.6) is 0 Å². The van der Waals surface area contributed by atoms with Crippen LogP contribution < -0.4 is 5.32 Å². The second-order valence-corrected chi connectivity index (χ2v) is 6.23. The number of rotatable bonds is 5. The summed E-state index contributed by atoms with van der Waals surface area (Å²) in [5.74, 6) is 1.22. The molecule has 0 radical (unpaired) electrons. The van der Waals surface area contributed by atoms with E-state index in [1.165, 1.54) is 17.3 Å². The summed E-state index contributed by atoms with van der Waals surface area (Å²) in [5, 5.41) is 2.98. The Labute approximate surface area is 123 Å². The fourth-order valence-corrected chi connectivity index (χ4v) is 2.92. The van der Waals surface area contributed by atoms with Crippen molar-refractivity contribution in [3.8, 4) is 0 Å². The van der Waals surface area contributed by atoms with Crippen LogP contribution in [-0.4, -0.2) is 34.9 Å². The maximum absolute atomic E-state index is 11.9. The molecule has 1 heterocycles. The van der Waals surface area contributed by atoms with Crippen molar-refractivity contribution >= 4 is 28.6 Å². The minimum atomic E-state index is -0.0457. The minimum absolute atomic E-state index is 0.0457. The second-order valence-electron chi connectivity index (χ2n) is 5.18. The number of nitrogens with one attached hydrogen (secondary N) is 1. The summed E-state index contributed by atoms with van der Waals surface area (Å²) < 4.78 is 0. The van der Waals surface area contributed by atoms with Crippen LogP contribution in [0.4, 0.5) is 10.5 Å². The van der Waals surface area contributed by atoms with Gasteiger partial charge in [-0.3, -0.25) is 9.59 Å². The van der Waals surface area contributed by atoms with Gasteiger partial charge in [-0.2, -0.15) is 0 Å². The molecule has 20 heavy (non-hydrogen) atoms. The van der Waals surface area contributed by atoms with Crippen molar-refractivity contribution in [3.63, 3.8) is 0 Å². The van der Waals surface area contributed by atoms with Crippen LogP contribution in [0, 0.1) is 0 Å². The van der Waals surface area contributed by atoms with Crippen LogP contribution in [0.1, 0.15) is 31.7 Å². The fourth-order valence-electron chi connectivity index (χ4n) is 2.06. The highest BCUT2D eigenvalue weighted by Gasteiger charge is 2.21. The molecule has 1 aromatic rings. The summed E-state index contributed by atoms with van der Waals surface area (Å²) in [6.07, 6.45) is 0.345. The third kappa shape index (κ3) is 4.00. The van der Waals surface area contributed by atoms with Crippen molar-refractivity contribution in [2.24, 2.45) is 0 Å². The predicted octanol–water partition coefficient (Wildman–Crippen LogP) is 3.31. The highest BCUT2D eigenvalue weighted by molar-refractivity contribution is 8.13. The number of hydrogen-bond donors (Lipinski definition) is 1. The Hall–Kier alpha value is -1.49. The molecule has 1 aromatic carbocycles. The van der Waals surface area contributed by atoms with Gasteiger partial charge in [-0.15, -0.1) is 0 Å². The second kappa shape index (κ2) is 6.79. The fraction of sp³-hybridized carbons (Fsp3) is 0.467. The van der Waals surface area contributed by atoms with Crippen LogP contribution in [-0.2, 0) is 4.79 Å². The molecule has 1 N–H and O–H groups in total. The van der Waals surface area contributed by atoms with Crippen molar-refractivity contribution in [1.29, 1.82) is 0 Å². The van der Waals surface area contributed by atoms with Crippen molar-refractivity contribution < 1.29 is 9.59 Å². The highest BCUT2D eigenvalue weighted by Crippen LogP contribution is 2.19. The lowest BCUT2D eigenvalue weighted by atomic mass is 10.0. The topological polar surface area (TPSA) is 49.4 Å². The smallest absolute Gasteiger partial charge is 0.281 e. The molecule has 1 aliphatic heterocycles. The molecule has 5 heteroatoms. The Morgan fingerprint density at radius 3 is 2.90 bits per heavy atom. The molecule has 0 bridgehead atoms. The molecule has 1 saturated heterocycles. The monoisotopic (exact) mass is 292 g/mol. The van der Waals surface area contributed by atoms with E-state index in [-0.39, 0.29) is 11.1 Å². The maximum Gasteiger partial charge on any atom is 0.281 e. The largest absolute Gasteiger partial charge is 0.332 e. The van der Waals surface area contributed by atoms with E-state index < -0.39 is 0 Å². The van der Waals surface area contributed by atoms with E-state index in [1.807, 2.05) is 18.2 Å². The molecule has 0 unspecified atom stereocenters. The van der Waals surface area contributed by atoms with Gasteiger partial charge in [0.05, 0.1) is 0 Å². The quantitative estimate of drug-likeness (QED) is 0.906. The van der Waals surface area contributed by atoms with Gasteiger partial charge in [0.15, 0.2) is 0 Å². The van der Waals surface area contributed by atoms with Crippen molar-refractivity contribution in [2.45, 2.75) is 26.2 Å². The number of nitrogens with zero attached hydrogens (tertiary/aromatic N) is 1. The first kappa shape index (κ1) is 14.9. The standard InChI is InChI=1S/C15H20N2O2S/c1-11(2)12-4-3-5-13(10-12)16-14(18)6-7-17-8-9-20-15(17)19/h3-5,10-11H,6-9H2,1-2H3,(H,16,18). The van der Waals surface area contributed by atoms with Crippen LogP contribution in [0.3, 0.4) is 0 Å².